The van der Waals surface area contributed by atoms with Crippen LogP contribution in [0.15, 0.2) is 103 Å². The second kappa shape index (κ2) is 11.3. The number of benzene rings is 3. The summed E-state index contributed by atoms with van der Waals surface area (Å²) in [5, 5.41) is 14.6. The molecular weight excluding hydrogens is 484 g/mol. The zero-order valence-electron chi connectivity index (χ0n) is 21.7. The van der Waals surface area contributed by atoms with Crippen LogP contribution in [-0.2, 0) is 13.0 Å². The number of fused-ring (bicyclic) bond motifs is 1. The van der Waals surface area contributed by atoms with Crippen LogP contribution in [0.2, 0.25) is 0 Å². The lowest BCUT2D eigenvalue weighted by molar-refractivity contribution is 0.0950. The molecule has 0 saturated carbocycles. The first-order valence-corrected chi connectivity index (χ1v) is 13.3. The van der Waals surface area contributed by atoms with Crippen molar-refractivity contribution in [2.75, 3.05) is 36.0 Å². The van der Waals surface area contributed by atoms with Gasteiger partial charge in [-0.2, -0.15) is 5.10 Å². The van der Waals surface area contributed by atoms with Crippen LogP contribution in [-0.4, -0.2) is 47.3 Å². The summed E-state index contributed by atoms with van der Waals surface area (Å²) in [5.74, 6) is 1.69. The van der Waals surface area contributed by atoms with Crippen molar-refractivity contribution in [1.29, 1.82) is 0 Å². The molecule has 3 heterocycles. The van der Waals surface area contributed by atoms with E-state index in [9.17, 15) is 4.79 Å². The van der Waals surface area contributed by atoms with E-state index in [1.54, 1.807) is 6.20 Å². The second-order valence-corrected chi connectivity index (χ2v) is 9.73. The van der Waals surface area contributed by atoms with Crippen molar-refractivity contribution >= 4 is 28.3 Å². The van der Waals surface area contributed by atoms with Gasteiger partial charge in [-0.25, -0.2) is 4.98 Å². The summed E-state index contributed by atoms with van der Waals surface area (Å²) in [6, 6.07) is 32.5. The first kappa shape index (κ1) is 24.6. The zero-order chi connectivity index (χ0) is 26.4. The summed E-state index contributed by atoms with van der Waals surface area (Å²) in [6.45, 7) is 3.76. The highest BCUT2D eigenvalue weighted by Gasteiger charge is 2.22. The Morgan fingerprint density at radius 1 is 0.692 bits per heavy atom. The van der Waals surface area contributed by atoms with Crippen LogP contribution < -0.4 is 15.1 Å². The molecule has 1 fully saturated rings. The molecule has 0 bridgehead atoms. The molecule has 0 radical (unpaired) electrons. The number of amides is 1. The van der Waals surface area contributed by atoms with Crippen molar-refractivity contribution in [3.63, 3.8) is 0 Å². The van der Waals surface area contributed by atoms with Crippen LogP contribution in [0.4, 0.5) is 11.6 Å². The molecule has 5 aromatic rings. The van der Waals surface area contributed by atoms with Crippen molar-refractivity contribution in [3.8, 4) is 0 Å². The number of aromatic nitrogens is 3. The molecule has 0 unspecified atom stereocenters. The predicted octanol–water partition coefficient (Wildman–Crippen LogP) is 4.87. The molecule has 39 heavy (non-hydrogen) atoms. The van der Waals surface area contributed by atoms with E-state index in [2.05, 4.69) is 73.7 Å². The molecule has 1 aliphatic rings. The van der Waals surface area contributed by atoms with E-state index in [4.69, 9.17) is 5.10 Å². The van der Waals surface area contributed by atoms with Gasteiger partial charge in [-0.3, -0.25) is 4.79 Å². The van der Waals surface area contributed by atoms with Crippen molar-refractivity contribution < 1.29 is 4.79 Å². The topological polar surface area (TPSA) is 74.2 Å². The van der Waals surface area contributed by atoms with Gasteiger partial charge in [0.2, 0.25) is 0 Å². The summed E-state index contributed by atoms with van der Waals surface area (Å²) < 4.78 is 0. The fourth-order valence-electron chi connectivity index (χ4n) is 5.03. The number of rotatable bonds is 7. The molecule has 2 aromatic heterocycles. The fourth-order valence-corrected chi connectivity index (χ4v) is 5.03. The van der Waals surface area contributed by atoms with Crippen molar-refractivity contribution in [3.05, 3.63) is 126 Å². The van der Waals surface area contributed by atoms with Gasteiger partial charge in [0.1, 0.15) is 5.82 Å². The standard InChI is InChI=1S/C32H30N6O/c39-32(34-22-25-11-5-2-6-12-25)26-15-16-30(33-23-26)37-17-19-38(20-18-37)31-28-14-8-7-13-27(28)29(35-36-31)21-24-9-3-1-4-10-24/h1-16,23H,17-22H2,(H,34,39). The summed E-state index contributed by atoms with van der Waals surface area (Å²) in [7, 11) is 0. The number of anilines is 2. The summed E-state index contributed by atoms with van der Waals surface area (Å²) in [4.78, 5) is 21.7. The molecule has 7 nitrogen and oxygen atoms in total. The van der Waals surface area contributed by atoms with Crippen LogP contribution in [0.5, 0.6) is 0 Å². The Morgan fingerprint density at radius 2 is 1.33 bits per heavy atom. The molecule has 1 N–H and O–H groups in total. The number of carbonyl (C=O) groups excluding carboxylic acids is 1. The first-order valence-electron chi connectivity index (χ1n) is 13.3. The zero-order valence-corrected chi connectivity index (χ0v) is 21.7. The number of nitrogens with one attached hydrogen (secondary N) is 1. The van der Waals surface area contributed by atoms with Gasteiger partial charge in [0, 0.05) is 56.1 Å². The number of piperazine rings is 1. The molecular formula is C32H30N6O. The maximum Gasteiger partial charge on any atom is 0.253 e. The molecule has 7 heteroatoms. The van der Waals surface area contributed by atoms with Gasteiger partial charge >= 0.3 is 0 Å². The van der Waals surface area contributed by atoms with Crippen LogP contribution in [0.1, 0.15) is 27.2 Å². The number of carbonyl (C=O) groups is 1. The first-order chi connectivity index (χ1) is 19.2. The van der Waals surface area contributed by atoms with E-state index in [0.29, 0.717) is 12.1 Å². The van der Waals surface area contributed by atoms with Gasteiger partial charge in [-0.05, 0) is 23.3 Å². The maximum absolute atomic E-state index is 12.6. The third-order valence-corrected chi connectivity index (χ3v) is 7.17. The largest absolute Gasteiger partial charge is 0.353 e. The Morgan fingerprint density at radius 3 is 2.03 bits per heavy atom. The molecule has 0 aliphatic carbocycles. The monoisotopic (exact) mass is 514 g/mol. The summed E-state index contributed by atoms with van der Waals surface area (Å²) in [5.41, 5.74) is 3.85. The highest BCUT2D eigenvalue weighted by atomic mass is 16.1. The minimum absolute atomic E-state index is 0.121. The minimum atomic E-state index is -0.121. The molecule has 1 amide bonds. The second-order valence-electron chi connectivity index (χ2n) is 9.73. The van der Waals surface area contributed by atoms with Gasteiger partial charge in [0.05, 0.1) is 11.3 Å². The Kier molecular flexibility index (Phi) is 7.12. The Labute approximate surface area is 228 Å². The molecule has 0 spiro atoms. The third-order valence-electron chi connectivity index (χ3n) is 7.17. The van der Waals surface area contributed by atoms with E-state index in [0.717, 1.165) is 66.3 Å². The number of pyridine rings is 1. The Bertz CT molecular complexity index is 1550. The van der Waals surface area contributed by atoms with E-state index in [1.807, 2.05) is 48.5 Å². The van der Waals surface area contributed by atoms with Crippen molar-refractivity contribution in [2.24, 2.45) is 0 Å². The molecule has 0 atom stereocenters. The van der Waals surface area contributed by atoms with Gasteiger partial charge in [0.25, 0.3) is 5.91 Å². The van der Waals surface area contributed by atoms with E-state index in [1.165, 1.54) is 5.56 Å². The lowest BCUT2D eigenvalue weighted by atomic mass is 10.0. The highest BCUT2D eigenvalue weighted by molar-refractivity contribution is 5.94. The van der Waals surface area contributed by atoms with Crippen LogP contribution >= 0.6 is 0 Å². The quantitative estimate of drug-likeness (QED) is 0.334. The Hall–Kier alpha value is -4.78. The van der Waals surface area contributed by atoms with E-state index in [-0.39, 0.29) is 5.91 Å². The molecule has 1 saturated heterocycles. The number of nitrogens with zero attached hydrogens (tertiary/aromatic N) is 5. The SMILES string of the molecule is O=C(NCc1ccccc1)c1ccc(N2CCN(c3nnc(Cc4ccccc4)c4ccccc34)CC2)nc1. The molecule has 6 rings (SSSR count). The lowest BCUT2D eigenvalue weighted by Crippen LogP contribution is -2.47. The van der Waals surface area contributed by atoms with Crippen molar-refractivity contribution in [1.82, 2.24) is 20.5 Å². The van der Waals surface area contributed by atoms with E-state index >= 15 is 0 Å². The summed E-state index contributed by atoms with van der Waals surface area (Å²) in [6.07, 6.45) is 2.42. The average molecular weight is 515 g/mol. The number of hydrogen-bond acceptors (Lipinski definition) is 6. The average Bonchev–Trinajstić information content (AvgIpc) is 3.01. The lowest BCUT2D eigenvalue weighted by Gasteiger charge is -2.36. The molecule has 1 aliphatic heterocycles. The van der Waals surface area contributed by atoms with Crippen LogP contribution in [0.25, 0.3) is 10.8 Å². The third kappa shape index (κ3) is 5.57. The molecule has 3 aromatic carbocycles. The normalized spacial score (nSPS) is 13.4. The predicted molar refractivity (Wildman–Crippen MR) is 155 cm³/mol. The highest BCUT2D eigenvalue weighted by Crippen LogP contribution is 2.28. The van der Waals surface area contributed by atoms with Gasteiger partial charge in [0.15, 0.2) is 5.82 Å². The van der Waals surface area contributed by atoms with Crippen molar-refractivity contribution in [2.45, 2.75) is 13.0 Å². The van der Waals surface area contributed by atoms with E-state index < -0.39 is 0 Å². The smallest absolute Gasteiger partial charge is 0.253 e. The fraction of sp³-hybridized carbons (Fsp3) is 0.188. The maximum atomic E-state index is 12.6. The number of hydrogen-bond donors (Lipinski definition) is 1. The van der Waals surface area contributed by atoms with Gasteiger partial charge < -0.3 is 15.1 Å². The van der Waals surface area contributed by atoms with Gasteiger partial charge in [-0.1, -0.05) is 84.9 Å². The van der Waals surface area contributed by atoms with Crippen LogP contribution in [0.3, 0.4) is 0 Å². The van der Waals surface area contributed by atoms with Gasteiger partial charge in [-0.15, -0.1) is 5.10 Å². The molecule has 194 valence electrons. The Balaban J connectivity index is 1.10. The van der Waals surface area contributed by atoms with Crippen LogP contribution in [0, 0.1) is 0 Å². The minimum Gasteiger partial charge on any atom is -0.353 e. The summed E-state index contributed by atoms with van der Waals surface area (Å²) >= 11 is 0.